The van der Waals surface area contributed by atoms with E-state index in [0.29, 0.717) is 24.4 Å². The van der Waals surface area contributed by atoms with Crippen LogP contribution in [0.2, 0.25) is 5.02 Å². The Balaban J connectivity index is 1.40. The van der Waals surface area contributed by atoms with E-state index in [4.69, 9.17) is 11.6 Å². The minimum Gasteiger partial charge on any atom is -0.340 e. The van der Waals surface area contributed by atoms with Crippen LogP contribution >= 0.6 is 11.6 Å². The number of aromatic amines is 1. The zero-order chi connectivity index (χ0) is 26.4. The van der Waals surface area contributed by atoms with Crippen molar-refractivity contribution in [3.63, 3.8) is 0 Å². The number of imidazole rings is 1. The summed E-state index contributed by atoms with van der Waals surface area (Å²) < 4.78 is 14.6. The number of nitro benzene ring substituents is 1. The van der Waals surface area contributed by atoms with E-state index in [1.54, 1.807) is 0 Å². The standard InChI is InChI=1S/C23H19ClFN7O5/c1-11(33)27-19-7-3-13(21(25)29-19)14-9-26-22(28-14)16-5-6-17-23(35)30(10-20(34)31(16)17)18-8-12(24)2-4-15(18)32(36)37/h2-4,7-9,16-17H,5-6,10H2,1H3,(H,26,28)(H,27,29,33). The molecule has 5 rings (SSSR count). The first-order valence-corrected chi connectivity index (χ1v) is 11.6. The number of piperazine rings is 1. The molecule has 2 N–H and O–H groups in total. The highest BCUT2D eigenvalue weighted by Gasteiger charge is 2.49. The fraction of sp³-hybridized carbons (Fsp3) is 0.261. The lowest BCUT2D eigenvalue weighted by atomic mass is 10.1. The third kappa shape index (κ3) is 4.37. The summed E-state index contributed by atoms with van der Waals surface area (Å²) in [4.78, 5) is 62.2. The second-order valence-corrected chi connectivity index (χ2v) is 9.06. The van der Waals surface area contributed by atoms with Gasteiger partial charge in [0.1, 0.15) is 29.9 Å². The van der Waals surface area contributed by atoms with Crippen LogP contribution in [-0.4, -0.2) is 55.1 Å². The number of pyridine rings is 1. The number of aromatic nitrogens is 3. The Hall–Kier alpha value is -4.39. The molecule has 0 radical (unpaired) electrons. The van der Waals surface area contributed by atoms with Gasteiger partial charge in [0.05, 0.1) is 28.4 Å². The molecule has 1 aromatic carbocycles. The summed E-state index contributed by atoms with van der Waals surface area (Å²) in [5.41, 5.74) is 0.0574. The molecule has 4 heterocycles. The minimum atomic E-state index is -0.839. The molecule has 2 atom stereocenters. The summed E-state index contributed by atoms with van der Waals surface area (Å²) in [7, 11) is 0. The topological polar surface area (TPSA) is 154 Å². The molecule has 0 bridgehead atoms. The van der Waals surface area contributed by atoms with Crippen molar-refractivity contribution in [3.05, 3.63) is 63.4 Å². The van der Waals surface area contributed by atoms with E-state index in [1.807, 2.05) is 0 Å². The zero-order valence-corrected chi connectivity index (χ0v) is 20.0. The third-order valence-electron chi connectivity index (χ3n) is 6.30. The SMILES string of the molecule is CC(=O)Nc1ccc(-c2cnc(C3CCC4C(=O)N(c5cc(Cl)ccc5[N+](=O)[O-])CC(=O)N43)[nH]2)c(F)n1. The van der Waals surface area contributed by atoms with Crippen LogP contribution in [0.5, 0.6) is 0 Å². The molecule has 12 nitrogen and oxygen atoms in total. The molecule has 0 saturated carbocycles. The zero-order valence-electron chi connectivity index (χ0n) is 19.3. The lowest BCUT2D eigenvalue weighted by Gasteiger charge is -2.38. The lowest BCUT2D eigenvalue weighted by Crippen LogP contribution is -2.58. The van der Waals surface area contributed by atoms with Gasteiger partial charge in [0.15, 0.2) is 0 Å². The number of nitro groups is 1. The van der Waals surface area contributed by atoms with Gasteiger partial charge in [-0.2, -0.15) is 4.39 Å². The summed E-state index contributed by atoms with van der Waals surface area (Å²) in [6.45, 7) is 0.884. The van der Waals surface area contributed by atoms with E-state index in [9.17, 15) is 28.9 Å². The molecule has 3 amide bonds. The van der Waals surface area contributed by atoms with Gasteiger partial charge >= 0.3 is 0 Å². The van der Waals surface area contributed by atoms with Crippen molar-refractivity contribution in [1.29, 1.82) is 0 Å². The maximum Gasteiger partial charge on any atom is 0.293 e. The fourth-order valence-corrected chi connectivity index (χ4v) is 4.91. The van der Waals surface area contributed by atoms with Crippen molar-refractivity contribution in [3.8, 4) is 11.3 Å². The number of nitrogens with zero attached hydrogens (tertiary/aromatic N) is 5. The normalized spacial score (nSPS) is 19.2. The van der Waals surface area contributed by atoms with Gasteiger partial charge in [0, 0.05) is 18.0 Å². The van der Waals surface area contributed by atoms with E-state index in [1.165, 1.54) is 48.4 Å². The largest absolute Gasteiger partial charge is 0.340 e. The number of nitrogens with one attached hydrogen (secondary N) is 2. The highest BCUT2D eigenvalue weighted by atomic mass is 35.5. The van der Waals surface area contributed by atoms with Crippen molar-refractivity contribution >= 4 is 46.5 Å². The maximum absolute atomic E-state index is 14.6. The Morgan fingerprint density at radius 2 is 2.00 bits per heavy atom. The molecule has 3 aromatic rings. The number of hydrogen-bond acceptors (Lipinski definition) is 7. The number of anilines is 2. The van der Waals surface area contributed by atoms with Gasteiger partial charge in [-0.15, -0.1) is 0 Å². The predicted octanol–water partition coefficient (Wildman–Crippen LogP) is 3.21. The van der Waals surface area contributed by atoms with E-state index in [0.717, 1.165) is 4.90 Å². The summed E-state index contributed by atoms with van der Waals surface area (Å²) >= 11 is 6.02. The monoisotopic (exact) mass is 527 g/mol. The number of benzene rings is 1. The number of amides is 3. The number of hydrogen-bond donors (Lipinski definition) is 2. The van der Waals surface area contributed by atoms with Gasteiger partial charge in [-0.05, 0) is 37.1 Å². The Bertz CT molecular complexity index is 1460. The van der Waals surface area contributed by atoms with Crippen LogP contribution in [0.3, 0.4) is 0 Å². The van der Waals surface area contributed by atoms with Gasteiger partial charge in [0.2, 0.25) is 23.7 Å². The van der Waals surface area contributed by atoms with E-state index in [-0.39, 0.29) is 33.7 Å². The number of halogens is 2. The second kappa shape index (κ2) is 9.24. The fourth-order valence-electron chi connectivity index (χ4n) is 4.74. The molecule has 2 aromatic heterocycles. The summed E-state index contributed by atoms with van der Waals surface area (Å²) in [6.07, 6.45) is 2.12. The van der Waals surface area contributed by atoms with E-state index >= 15 is 0 Å². The predicted molar refractivity (Wildman–Crippen MR) is 129 cm³/mol. The number of rotatable bonds is 5. The van der Waals surface area contributed by atoms with E-state index in [2.05, 4.69) is 20.3 Å². The number of fused-ring (bicyclic) bond motifs is 1. The number of H-pyrrole nitrogens is 1. The molecule has 2 aliphatic heterocycles. The number of carbonyl (C=O) groups excluding carboxylic acids is 3. The molecule has 2 saturated heterocycles. The molecule has 2 unspecified atom stereocenters. The summed E-state index contributed by atoms with van der Waals surface area (Å²) in [5.74, 6) is -1.65. The lowest BCUT2D eigenvalue weighted by molar-refractivity contribution is -0.384. The first-order chi connectivity index (χ1) is 17.6. The molecule has 0 aliphatic carbocycles. The van der Waals surface area contributed by atoms with Crippen molar-refractivity contribution in [1.82, 2.24) is 19.9 Å². The molecular formula is C23H19ClFN7O5. The first-order valence-electron chi connectivity index (χ1n) is 11.2. The van der Waals surface area contributed by atoms with Crippen LogP contribution in [0.15, 0.2) is 36.5 Å². The van der Waals surface area contributed by atoms with Gasteiger partial charge in [-0.25, -0.2) is 9.97 Å². The third-order valence-corrected chi connectivity index (χ3v) is 6.53. The molecular weight excluding hydrogens is 509 g/mol. The summed E-state index contributed by atoms with van der Waals surface area (Å²) in [6, 6.07) is 5.31. The highest BCUT2D eigenvalue weighted by molar-refractivity contribution is 6.31. The van der Waals surface area contributed by atoms with Crippen LogP contribution in [0.25, 0.3) is 11.3 Å². The van der Waals surface area contributed by atoms with Crippen molar-refractivity contribution in [2.45, 2.75) is 31.8 Å². The molecule has 37 heavy (non-hydrogen) atoms. The Morgan fingerprint density at radius 3 is 2.70 bits per heavy atom. The average molecular weight is 528 g/mol. The summed E-state index contributed by atoms with van der Waals surface area (Å²) in [5, 5.41) is 14.1. The van der Waals surface area contributed by atoms with Crippen LogP contribution in [-0.2, 0) is 14.4 Å². The van der Waals surface area contributed by atoms with Gasteiger partial charge < -0.3 is 15.2 Å². The average Bonchev–Trinajstić information content (AvgIpc) is 3.49. The molecule has 0 spiro atoms. The van der Waals surface area contributed by atoms with Crippen LogP contribution in [0.4, 0.5) is 21.6 Å². The van der Waals surface area contributed by atoms with Gasteiger partial charge in [0.25, 0.3) is 5.69 Å². The maximum atomic E-state index is 14.6. The van der Waals surface area contributed by atoms with Crippen LogP contribution in [0.1, 0.15) is 31.6 Å². The number of carbonyl (C=O) groups is 3. The smallest absolute Gasteiger partial charge is 0.293 e. The second-order valence-electron chi connectivity index (χ2n) is 8.62. The first kappa shape index (κ1) is 24.3. The molecule has 190 valence electrons. The van der Waals surface area contributed by atoms with E-state index < -0.39 is 41.3 Å². The van der Waals surface area contributed by atoms with Crippen molar-refractivity contribution in [2.75, 3.05) is 16.8 Å². The van der Waals surface area contributed by atoms with Gasteiger partial charge in [-0.3, -0.25) is 29.4 Å². The molecule has 14 heteroatoms. The van der Waals surface area contributed by atoms with Crippen molar-refractivity contribution < 1.29 is 23.7 Å². The van der Waals surface area contributed by atoms with Crippen LogP contribution < -0.4 is 10.2 Å². The van der Waals surface area contributed by atoms with Crippen LogP contribution in [0, 0.1) is 16.1 Å². The van der Waals surface area contributed by atoms with Gasteiger partial charge in [-0.1, -0.05) is 11.6 Å². The van der Waals surface area contributed by atoms with Crippen molar-refractivity contribution in [2.24, 2.45) is 0 Å². The quantitative estimate of drug-likeness (QED) is 0.293. The molecule has 2 aliphatic rings. The molecule has 2 fully saturated rings. The Kier molecular flexibility index (Phi) is 6.07. The highest BCUT2D eigenvalue weighted by Crippen LogP contribution is 2.41. The Labute approximate surface area is 213 Å². The minimum absolute atomic E-state index is 0.0371. The Morgan fingerprint density at radius 1 is 1.24 bits per heavy atom.